The van der Waals surface area contributed by atoms with Crippen molar-refractivity contribution in [2.45, 2.75) is 50.0 Å². The minimum absolute atomic E-state index is 0. The highest BCUT2D eigenvalue weighted by atomic mass is 13.0. The van der Waals surface area contributed by atoms with Crippen LogP contribution in [-0.4, -0.2) is 0 Å². The molecule has 0 aromatic heterocycles. The maximum absolute atomic E-state index is 6.21. The SMILES string of the molecule is C.C.C.CC.[2H]CC. The molecule has 0 aliphatic carbocycles. The van der Waals surface area contributed by atoms with Crippen molar-refractivity contribution >= 4 is 0 Å². The fourth-order valence-electron chi connectivity index (χ4n) is 0. The Labute approximate surface area is 52.4 Å². The summed E-state index contributed by atoms with van der Waals surface area (Å²) in [6.07, 6.45) is 0. The van der Waals surface area contributed by atoms with E-state index in [1.54, 1.807) is 6.92 Å². The van der Waals surface area contributed by atoms with Crippen molar-refractivity contribution in [1.29, 1.82) is 0 Å². The molecule has 0 radical (unpaired) electrons. The highest BCUT2D eigenvalue weighted by molar-refractivity contribution is 3.51. The van der Waals surface area contributed by atoms with Gasteiger partial charge in [-0.1, -0.05) is 50.0 Å². The molecule has 0 N–H and O–H groups in total. The van der Waals surface area contributed by atoms with Gasteiger partial charge in [-0.05, 0) is 0 Å². The van der Waals surface area contributed by atoms with Gasteiger partial charge in [0.25, 0.3) is 0 Å². The van der Waals surface area contributed by atoms with Crippen LogP contribution in [0.2, 0.25) is 0 Å². The van der Waals surface area contributed by atoms with Crippen molar-refractivity contribution in [3.63, 3.8) is 0 Å². The van der Waals surface area contributed by atoms with Gasteiger partial charge in [0.1, 0.15) is 0 Å². The van der Waals surface area contributed by atoms with Gasteiger partial charge in [-0.3, -0.25) is 0 Å². The van der Waals surface area contributed by atoms with Crippen molar-refractivity contribution < 1.29 is 1.37 Å². The Hall–Kier alpha value is 0. The highest BCUT2D eigenvalue weighted by Gasteiger charge is 0.934. The normalized spacial score (nSPS) is 3.57. The van der Waals surface area contributed by atoms with E-state index in [0.29, 0.717) is 6.90 Å². The summed E-state index contributed by atoms with van der Waals surface area (Å²) in [6, 6.07) is 0. The second-order valence-corrected chi connectivity index (χ2v) is 0. The Morgan fingerprint density at radius 1 is 0.857 bits per heavy atom. The van der Waals surface area contributed by atoms with Gasteiger partial charge in [-0.2, -0.15) is 0 Å². The third-order valence-corrected chi connectivity index (χ3v) is 0. The molecule has 52 valence electrons. The van der Waals surface area contributed by atoms with Crippen molar-refractivity contribution in [3.05, 3.63) is 0 Å². The van der Waals surface area contributed by atoms with Gasteiger partial charge >= 0.3 is 0 Å². The third-order valence-electron chi connectivity index (χ3n) is 0. The molecule has 0 unspecified atom stereocenters. The molecule has 0 saturated carbocycles. The van der Waals surface area contributed by atoms with E-state index >= 15 is 0 Å². The first-order valence-corrected chi connectivity index (χ1v) is 1.71. The monoisotopic (exact) mass is 109 g/mol. The molecule has 0 spiro atoms. The molecule has 0 rings (SSSR count). The smallest absolute Gasteiger partial charge is 0.0228 e. The first-order chi connectivity index (χ1) is 2.41. The summed E-state index contributed by atoms with van der Waals surface area (Å²) in [5, 5.41) is 0. The predicted molar refractivity (Wildman–Crippen MR) is 42.9 cm³/mol. The molecular weight excluding hydrogens is 84.1 g/mol. The molecular formula is C7H24. The lowest BCUT2D eigenvalue weighted by Crippen LogP contribution is -0.856. The standard InChI is InChI=1S/2C2H6.3CH4/c2*1-2;;;/h2*1-2H3;3*1H4/i1D;;;;. The molecule has 0 aromatic carbocycles. The average Bonchev–Trinajstić information content (AvgIpc) is 1.46. The molecule has 0 fully saturated rings. The molecule has 0 aliphatic heterocycles. The second kappa shape index (κ2) is 0. The van der Waals surface area contributed by atoms with Crippen LogP contribution in [-0.2, 0) is 0 Å². The Morgan fingerprint density at radius 3 is 0.857 bits per heavy atom. The first-order valence-electron chi connectivity index (χ1n) is 2.41. The maximum atomic E-state index is 6.21. The Morgan fingerprint density at radius 2 is 0.857 bits per heavy atom. The van der Waals surface area contributed by atoms with Crippen LogP contribution >= 0.6 is 0 Å². The summed E-state index contributed by atoms with van der Waals surface area (Å²) in [5.74, 6) is 0. The summed E-state index contributed by atoms with van der Waals surface area (Å²) in [5.41, 5.74) is 0. The highest BCUT2D eigenvalue weighted by Crippen LogP contribution is 1.15. The van der Waals surface area contributed by atoms with Gasteiger partial charge in [0.15, 0.2) is 0 Å². The molecule has 0 heterocycles. The lowest BCUT2D eigenvalue weighted by atomic mass is 11.0. The summed E-state index contributed by atoms with van der Waals surface area (Å²) in [7, 11) is 0. The maximum Gasteiger partial charge on any atom is 0.0228 e. The summed E-state index contributed by atoms with van der Waals surface area (Å²) >= 11 is 0. The van der Waals surface area contributed by atoms with Crippen molar-refractivity contribution in [3.8, 4) is 0 Å². The first kappa shape index (κ1) is 28.0. The van der Waals surface area contributed by atoms with Crippen LogP contribution in [0.15, 0.2) is 0 Å². The van der Waals surface area contributed by atoms with Crippen LogP contribution in [0.1, 0.15) is 51.3 Å². The van der Waals surface area contributed by atoms with Gasteiger partial charge < -0.3 is 0 Å². The van der Waals surface area contributed by atoms with E-state index < -0.39 is 0 Å². The summed E-state index contributed by atoms with van der Waals surface area (Å²) in [6.45, 7) is 6.29. The zero-order valence-corrected chi connectivity index (χ0v) is 3.71. The summed E-state index contributed by atoms with van der Waals surface area (Å²) in [4.78, 5) is 0. The van der Waals surface area contributed by atoms with Crippen LogP contribution in [0, 0.1) is 0 Å². The van der Waals surface area contributed by atoms with E-state index in [4.69, 9.17) is 1.37 Å². The molecule has 0 aromatic rings. The van der Waals surface area contributed by atoms with Gasteiger partial charge in [0.05, 0.1) is 0 Å². The molecule has 7 heavy (non-hydrogen) atoms. The van der Waals surface area contributed by atoms with Crippen molar-refractivity contribution in [2.75, 3.05) is 0 Å². The van der Waals surface area contributed by atoms with E-state index in [-0.39, 0.29) is 22.3 Å². The van der Waals surface area contributed by atoms with Crippen LogP contribution in [0.3, 0.4) is 0 Å². The van der Waals surface area contributed by atoms with Gasteiger partial charge in [0.2, 0.25) is 0 Å². The fraction of sp³-hybridized carbons (Fsp3) is 1.00. The molecule has 0 aliphatic rings. The molecule has 0 amide bonds. The minimum atomic E-state index is 0. The second-order valence-electron chi connectivity index (χ2n) is 0. The lowest BCUT2D eigenvalue weighted by Gasteiger charge is -1.07. The van der Waals surface area contributed by atoms with E-state index in [1.807, 2.05) is 13.8 Å². The summed E-state index contributed by atoms with van der Waals surface area (Å²) < 4.78 is 6.21. The minimum Gasteiger partial charge on any atom is -0.0776 e. The van der Waals surface area contributed by atoms with E-state index in [0.717, 1.165) is 0 Å². The molecule has 0 saturated heterocycles. The fourth-order valence-corrected chi connectivity index (χ4v) is 0. The molecule has 0 bridgehead atoms. The molecule has 0 nitrogen and oxygen atoms in total. The zero-order chi connectivity index (χ0) is 4.71. The lowest BCUT2D eigenvalue weighted by molar-refractivity contribution is 1.50. The van der Waals surface area contributed by atoms with E-state index in [9.17, 15) is 0 Å². The van der Waals surface area contributed by atoms with Gasteiger partial charge in [0, 0.05) is 1.37 Å². The average molecular weight is 109 g/mol. The van der Waals surface area contributed by atoms with Crippen molar-refractivity contribution in [1.82, 2.24) is 0 Å². The number of rotatable bonds is 0. The topological polar surface area (TPSA) is 0 Å². The molecule has 0 heteroatoms. The molecule has 0 atom stereocenters. The van der Waals surface area contributed by atoms with E-state index in [2.05, 4.69) is 0 Å². The van der Waals surface area contributed by atoms with Gasteiger partial charge in [-0.15, -0.1) is 0 Å². The van der Waals surface area contributed by atoms with Crippen LogP contribution in [0.25, 0.3) is 0 Å². The Bertz CT molecular complexity index is 4.35. The van der Waals surface area contributed by atoms with Crippen LogP contribution in [0.5, 0.6) is 0 Å². The van der Waals surface area contributed by atoms with Crippen LogP contribution in [0.4, 0.5) is 0 Å². The van der Waals surface area contributed by atoms with E-state index in [1.165, 1.54) is 0 Å². The predicted octanol–water partition coefficient (Wildman–Crippen LogP) is 3.96. The largest absolute Gasteiger partial charge is 0.0776 e. The number of hydrogen-bond acceptors (Lipinski definition) is 0. The third kappa shape index (κ3) is 0. The van der Waals surface area contributed by atoms with Crippen LogP contribution < -0.4 is 0 Å². The quantitative estimate of drug-likeness (QED) is 0.441. The Kier molecular flexibility index (Phi) is 0. The zero-order valence-electron chi connectivity index (χ0n) is 4.71. The number of hydrogen-bond donors (Lipinski definition) is 0. The van der Waals surface area contributed by atoms with Crippen molar-refractivity contribution in [2.24, 2.45) is 0 Å². The Balaban J connectivity index is -0.00000000567. The van der Waals surface area contributed by atoms with Gasteiger partial charge in [-0.25, -0.2) is 0 Å².